The van der Waals surface area contributed by atoms with Crippen LogP contribution in [0.5, 0.6) is 0 Å². The molecule has 1 amide bonds. The topological polar surface area (TPSA) is 85.5 Å². The van der Waals surface area contributed by atoms with Gasteiger partial charge in [0, 0.05) is 17.6 Å². The van der Waals surface area contributed by atoms with Crippen LogP contribution < -0.4 is 4.90 Å². The average Bonchev–Trinajstić information content (AvgIpc) is 3.39. The van der Waals surface area contributed by atoms with E-state index in [9.17, 15) is 9.59 Å². The number of carbonyl (C=O) groups excluding carboxylic acids is 2. The predicted molar refractivity (Wildman–Crippen MR) is 112 cm³/mol. The van der Waals surface area contributed by atoms with E-state index in [1.807, 2.05) is 39.0 Å². The van der Waals surface area contributed by atoms with E-state index < -0.39 is 0 Å². The normalized spacial score (nSPS) is 13.3. The summed E-state index contributed by atoms with van der Waals surface area (Å²) >= 11 is 0. The van der Waals surface area contributed by atoms with E-state index in [1.165, 1.54) is 7.11 Å². The Hall–Kier alpha value is -3.48. The van der Waals surface area contributed by atoms with E-state index in [4.69, 9.17) is 9.26 Å². The quantitative estimate of drug-likeness (QED) is 0.612. The fraction of sp³-hybridized carbons (Fsp3) is 0.304. The maximum absolute atomic E-state index is 13.4. The van der Waals surface area contributed by atoms with Gasteiger partial charge in [0.15, 0.2) is 5.82 Å². The zero-order valence-corrected chi connectivity index (χ0v) is 17.4. The minimum atomic E-state index is -0.390. The second kappa shape index (κ2) is 7.40. The summed E-state index contributed by atoms with van der Waals surface area (Å²) in [6.45, 7) is 6.54. The second-order valence-electron chi connectivity index (χ2n) is 8.26. The molecule has 30 heavy (non-hydrogen) atoms. The van der Waals surface area contributed by atoms with Crippen molar-refractivity contribution in [2.45, 2.75) is 32.6 Å². The Bertz CT molecular complexity index is 1130. The Morgan fingerprint density at radius 1 is 1.13 bits per heavy atom. The van der Waals surface area contributed by atoms with Gasteiger partial charge >= 0.3 is 5.97 Å². The second-order valence-corrected chi connectivity index (χ2v) is 8.26. The molecular formula is C23H23N3O4. The van der Waals surface area contributed by atoms with Crippen molar-refractivity contribution in [3.8, 4) is 11.5 Å². The number of ether oxygens (including phenoxy) is 1. The maximum Gasteiger partial charge on any atom is 0.337 e. The van der Waals surface area contributed by atoms with Crippen molar-refractivity contribution in [3.63, 3.8) is 0 Å². The molecule has 4 rings (SSSR count). The van der Waals surface area contributed by atoms with Crippen molar-refractivity contribution >= 4 is 17.6 Å². The highest BCUT2D eigenvalue weighted by molar-refractivity contribution is 6.11. The molecule has 2 aromatic carbocycles. The molecule has 0 N–H and O–H groups in total. The van der Waals surface area contributed by atoms with Gasteiger partial charge in [0.1, 0.15) is 0 Å². The molecule has 0 radical (unpaired) electrons. The summed E-state index contributed by atoms with van der Waals surface area (Å²) in [6, 6.07) is 12.5. The summed E-state index contributed by atoms with van der Waals surface area (Å²) in [4.78, 5) is 31.4. The molecule has 7 nitrogen and oxygen atoms in total. The lowest BCUT2D eigenvalue weighted by molar-refractivity contribution is 0.0600. The van der Waals surface area contributed by atoms with Crippen molar-refractivity contribution in [1.29, 1.82) is 0 Å². The Morgan fingerprint density at radius 2 is 1.90 bits per heavy atom. The van der Waals surface area contributed by atoms with Crippen molar-refractivity contribution in [1.82, 2.24) is 10.1 Å². The van der Waals surface area contributed by atoms with E-state index in [2.05, 4.69) is 10.1 Å². The van der Waals surface area contributed by atoms with E-state index in [0.717, 1.165) is 11.3 Å². The number of esters is 1. The number of hydrogen-bond donors (Lipinski definition) is 0. The number of benzene rings is 2. The van der Waals surface area contributed by atoms with Crippen molar-refractivity contribution in [2.24, 2.45) is 0 Å². The van der Waals surface area contributed by atoms with Gasteiger partial charge in [-0.05, 0) is 42.3 Å². The van der Waals surface area contributed by atoms with Crippen LogP contribution in [-0.4, -0.2) is 35.7 Å². The van der Waals surface area contributed by atoms with Gasteiger partial charge in [-0.1, -0.05) is 38.1 Å². The summed E-state index contributed by atoms with van der Waals surface area (Å²) < 4.78 is 10.3. The maximum atomic E-state index is 13.4. The molecule has 3 aromatic rings. The van der Waals surface area contributed by atoms with Crippen molar-refractivity contribution in [2.75, 3.05) is 18.6 Å². The minimum Gasteiger partial charge on any atom is -0.465 e. The number of anilines is 1. The highest BCUT2D eigenvalue weighted by Crippen LogP contribution is 2.33. The first kappa shape index (κ1) is 19.8. The number of rotatable bonds is 3. The van der Waals surface area contributed by atoms with Gasteiger partial charge in [-0.25, -0.2) is 4.79 Å². The van der Waals surface area contributed by atoms with Crippen LogP contribution in [0.1, 0.15) is 52.9 Å². The Labute approximate surface area is 174 Å². The fourth-order valence-corrected chi connectivity index (χ4v) is 3.50. The van der Waals surface area contributed by atoms with Crippen LogP contribution >= 0.6 is 0 Å². The SMILES string of the molecule is COC(=O)c1ccc2c(c1)CCN2C(=O)c1ccccc1-c1nc(C(C)(C)C)no1. The van der Waals surface area contributed by atoms with Gasteiger partial charge in [0.05, 0.1) is 23.8 Å². The zero-order chi connectivity index (χ0) is 21.5. The van der Waals surface area contributed by atoms with Crippen LogP contribution in [0.3, 0.4) is 0 Å². The molecule has 154 valence electrons. The van der Waals surface area contributed by atoms with Gasteiger partial charge in [0.2, 0.25) is 0 Å². The molecule has 1 aromatic heterocycles. The van der Waals surface area contributed by atoms with Gasteiger partial charge in [-0.3, -0.25) is 4.79 Å². The van der Waals surface area contributed by atoms with Crippen LogP contribution in [0.25, 0.3) is 11.5 Å². The minimum absolute atomic E-state index is 0.148. The molecule has 0 saturated carbocycles. The number of methoxy groups -OCH3 is 1. The third kappa shape index (κ3) is 3.47. The lowest BCUT2D eigenvalue weighted by atomic mass is 9.96. The first-order valence-electron chi connectivity index (χ1n) is 9.76. The summed E-state index contributed by atoms with van der Waals surface area (Å²) in [5.74, 6) is 0.371. The first-order valence-corrected chi connectivity index (χ1v) is 9.76. The summed E-state index contributed by atoms with van der Waals surface area (Å²) in [5, 5.41) is 4.08. The summed E-state index contributed by atoms with van der Waals surface area (Å²) in [5.41, 5.74) is 3.05. The molecule has 0 atom stereocenters. The monoisotopic (exact) mass is 405 g/mol. The Morgan fingerprint density at radius 3 is 2.60 bits per heavy atom. The van der Waals surface area contributed by atoms with Gasteiger partial charge in [-0.15, -0.1) is 0 Å². The number of carbonyl (C=O) groups is 2. The molecule has 1 aliphatic rings. The molecule has 0 spiro atoms. The largest absolute Gasteiger partial charge is 0.465 e. The summed E-state index contributed by atoms with van der Waals surface area (Å²) in [6.07, 6.45) is 0.669. The number of aromatic nitrogens is 2. The molecule has 0 fully saturated rings. The van der Waals surface area contributed by atoms with Crippen molar-refractivity contribution in [3.05, 3.63) is 65.0 Å². The van der Waals surface area contributed by atoms with E-state index in [-0.39, 0.29) is 17.3 Å². The standard InChI is InChI=1S/C23H23N3O4/c1-23(2,3)22-24-19(30-25-22)16-7-5-6-8-17(16)20(27)26-12-11-14-13-15(21(28)29-4)9-10-18(14)26/h5-10,13H,11-12H2,1-4H3. The molecule has 0 bridgehead atoms. The highest BCUT2D eigenvalue weighted by atomic mass is 16.5. The predicted octanol–water partition coefficient (Wildman–Crippen LogP) is 4.02. The van der Waals surface area contributed by atoms with E-state index >= 15 is 0 Å². The smallest absolute Gasteiger partial charge is 0.337 e. The molecule has 1 aliphatic heterocycles. The van der Waals surface area contributed by atoms with Crippen LogP contribution in [0.15, 0.2) is 47.0 Å². The number of hydrogen-bond acceptors (Lipinski definition) is 6. The molecule has 0 saturated heterocycles. The Kier molecular flexibility index (Phi) is 4.89. The summed E-state index contributed by atoms with van der Waals surface area (Å²) in [7, 11) is 1.35. The van der Waals surface area contributed by atoms with Gasteiger partial charge < -0.3 is 14.2 Å². The van der Waals surface area contributed by atoms with Crippen LogP contribution in [-0.2, 0) is 16.6 Å². The van der Waals surface area contributed by atoms with Crippen LogP contribution in [0, 0.1) is 0 Å². The average molecular weight is 405 g/mol. The van der Waals surface area contributed by atoms with Crippen LogP contribution in [0.4, 0.5) is 5.69 Å². The van der Waals surface area contributed by atoms with Crippen molar-refractivity contribution < 1.29 is 18.8 Å². The lowest BCUT2D eigenvalue weighted by Gasteiger charge is -2.18. The third-order valence-corrected chi connectivity index (χ3v) is 5.13. The van der Waals surface area contributed by atoms with Gasteiger partial charge in [-0.2, -0.15) is 4.98 Å². The highest BCUT2D eigenvalue weighted by Gasteiger charge is 2.29. The molecule has 0 unspecified atom stereocenters. The van der Waals surface area contributed by atoms with Crippen LogP contribution in [0.2, 0.25) is 0 Å². The molecule has 0 aliphatic carbocycles. The molecule has 2 heterocycles. The number of fused-ring (bicyclic) bond motifs is 1. The molecule has 7 heteroatoms. The van der Waals surface area contributed by atoms with E-state index in [1.54, 1.807) is 29.2 Å². The Balaban J connectivity index is 1.68. The molecular weight excluding hydrogens is 382 g/mol. The number of nitrogens with zero attached hydrogens (tertiary/aromatic N) is 3. The first-order chi connectivity index (χ1) is 14.3. The third-order valence-electron chi connectivity index (χ3n) is 5.13. The lowest BCUT2D eigenvalue weighted by Crippen LogP contribution is -2.29. The van der Waals surface area contributed by atoms with E-state index in [0.29, 0.717) is 41.4 Å². The van der Waals surface area contributed by atoms with Gasteiger partial charge in [0.25, 0.3) is 11.8 Å². The zero-order valence-electron chi connectivity index (χ0n) is 17.4. The fourth-order valence-electron chi connectivity index (χ4n) is 3.50. The number of amides is 1.